The number of carbonyl (C=O) groups is 3. The van der Waals surface area contributed by atoms with Gasteiger partial charge in [0.15, 0.2) is 16.8 Å². The molecule has 570 valence electrons. The van der Waals surface area contributed by atoms with Gasteiger partial charge in [-0.2, -0.15) is 0 Å². The maximum absolute atomic E-state index is 16.4. The average Bonchev–Trinajstić information content (AvgIpc) is 1.44. The number of ether oxygens (including phenoxy) is 5. The molecule has 4 aliphatic heterocycles. The number of unbranched alkanes of at least 4 members (excludes halogenated alkanes) is 2. The third kappa shape index (κ3) is 13.3. The summed E-state index contributed by atoms with van der Waals surface area (Å²) in [4.78, 5) is 55.5. The van der Waals surface area contributed by atoms with Crippen LogP contribution < -0.4 is 21.4 Å². The minimum atomic E-state index is -2.77. The highest BCUT2D eigenvalue weighted by Gasteiger charge is 2.83. The molecule has 16 unspecified atom stereocenters. The van der Waals surface area contributed by atoms with E-state index in [1.54, 1.807) is 24.3 Å². The summed E-state index contributed by atoms with van der Waals surface area (Å²) in [6.45, 7) is 15.3. The number of benzene rings is 3. The van der Waals surface area contributed by atoms with Gasteiger partial charge in [0, 0.05) is 65.3 Å². The fourth-order valence-corrected chi connectivity index (χ4v) is 22.7. The molecule has 6 aliphatic carbocycles. The topological polar surface area (TPSA) is 419 Å². The summed E-state index contributed by atoms with van der Waals surface area (Å²) < 4.78 is 40.7. The molecule has 10 aliphatic rings. The third-order valence-corrected chi connectivity index (χ3v) is 27.7. The van der Waals surface area contributed by atoms with Gasteiger partial charge in [0.1, 0.15) is 77.4 Å². The zero-order valence-corrected chi connectivity index (χ0v) is 64.5. The Bertz CT molecular complexity index is 4030. The Morgan fingerprint density at radius 3 is 2.28 bits per heavy atom. The molecule has 15 N–H and O–H groups in total. The van der Waals surface area contributed by atoms with Crippen molar-refractivity contribution in [1.82, 2.24) is 10.6 Å². The van der Waals surface area contributed by atoms with Crippen LogP contribution in [0, 0.1) is 49.7 Å². The number of rotatable bonds is 20. The normalized spacial score (nSPS) is 40.3. The van der Waals surface area contributed by atoms with Crippen LogP contribution in [0.1, 0.15) is 143 Å². The summed E-state index contributed by atoms with van der Waals surface area (Å²) >= 11 is 9.84. The van der Waals surface area contributed by atoms with Crippen LogP contribution >= 0.6 is 57.7 Å². The van der Waals surface area contributed by atoms with Gasteiger partial charge in [-0.15, -0.1) is 0 Å². The lowest BCUT2D eigenvalue weighted by Gasteiger charge is -2.75. The average molecular weight is 1690 g/mol. The molecule has 1 spiro atoms. The molecular weight excluding hydrogens is 1590 g/mol. The Morgan fingerprint density at radius 2 is 1.58 bits per heavy atom. The molecule has 29 heteroatoms. The van der Waals surface area contributed by atoms with Crippen LogP contribution in [0.5, 0.6) is 5.75 Å². The number of hydrogen-bond acceptors (Lipinski definition) is 23. The second-order valence-corrected chi connectivity index (χ2v) is 34.9. The lowest BCUT2D eigenvalue weighted by molar-refractivity contribution is -0.361. The standard InChI is InChI=1S/C75H98I2N4O22S/c1-35-61(101-65-60(93)56(89)44(85)33-98-65)59(92)57(90)47(99-35)28-75(103-66(97)73(22-21-68(2,3)4)52(87)31-72(8)43(62(73)76)27-69(5)29-50-70(6)30-51(86)71(7,34-79-77)49(70)19-20-74(50,69)72)63(94)58(91)55(48(32-82)102-75)81-53(88)12-10-9-11-23-78-67(104)80-36-13-16-39(42(24-36)64(95)96)54-40-17-14-37(83)25-45(40)100-46-26-38(84)15-18-41(46)54/h13-18,24-27,34-35,44,47-52,55-63,65,82-83,85-87,89-94H,9-12,19-23,28-33H2,1-8H3,(H,81,88)(H,95,96)(H2,78,80,104)/b79-34+/t35?,44-,47+,48?,49?,50?,51+,52+,55+,56?,57?,58?,59?,60?,61+,62?,63?,65+,69?,70?,71?,72?,73+,74?,75+/m1/s1. The van der Waals surface area contributed by atoms with Gasteiger partial charge in [0.2, 0.25) is 11.7 Å². The van der Waals surface area contributed by atoms with Gasteiger partial charge in [-0.05, 0) is 158 Å². The van der Waals surface area contributed by atoms with Crippen molar-refractivity contribution >= 4 is 104 Å². The highest BCUT2D eigenvalue weighted by molar-refractivity contribution is 14.1. The minimum absolute atomic E-state index is 0.0641. The number of nitrogens with zero attached hydrogens (tertiary/aromatic N) is 1. The van der Waals surface area contributed by atoms with Crippen LogP contribution in [0.3, 0.4) is 0 Å². The van der Waals surface area contributed by atoms with Crippen LogP contribution in [0.15, 0.2) is 78.7 Å². The molecule has 3 saturated heterocycles. The van der Waals surface area contributed by atoms with Gasteiger partial charge in [0.25, 0.3) is 0 Å². The zero-order valence-electron chi connectivity index (χ0n) is 59.4. The quantitative estimate of drug-likeness (QED) is 0.00672. The minimum Gasteiger partial charge on any atom is -0.508 e. The van der Waals surface area contributed by atoms with Crippen molar-refractivity contribution in [2.75, 3.05) is 25.1 Å². The number of amides is 1. The van der Waals surface area contributed by atoms with E-state index in [-0.39, 0.29) is 80.5 Å². The maximum Gasteiger partial charge on any atom is 0.336 e. The van der Waals surface area contributed by atoms with E-state index >= 15 is 4.79 Å². The predicted octanol–water partition coefficient (Wildman–Crippen LogP) is 6.32. The largest absolute Gasteiger partial charge is 0.508 e. The first-order valence-corrected chi connectivity index (χ1v) is 38.5. The molecule has 0 bridgehead atoms. The van der Waals surface area contributed by atoms with E-state index in [9.17, 15) is 75.7 Å². The Kier molecular flexibility index (Phi) is 22.2. The zero-order chi connectivity index (χ0) is 75.5. The second-order valence-electron chi connectivity index (χ2n) is 32.7. The molecule has 4 saturated carbocycles. The Morgan fingerprint density at radius 1 is 0.846 bits per heavy atom. The molecule has 26 nitrogen and oxygen atoms in total. The monoisotopic (exact) mass is 1690 g/mol. The fourth-order valence-electron chi connectivity index (χ4n) is 20.0. The number of thiocarbonyl (C=S) groups is 1. The van der Waals surface area contributed by atoms with Crippen molar-refractivity contribution in [3.05, 3.63) is 82.0 Å². The number of carboxylic acid groups (broad SMARTS) is 1. The molecule has 4 heterocycles. The number of halogens is 2. The van der Waals surface area contributed by atoms with Gasteiger partial charge in [-0.25, -0.2) is 8.00 Å². The number of carboxylic acids is 1. The molecule has 0 aromatic heterocycles. The van der Waals surface area contributed by atoms with E-state index < -0.39 is 161 Å². The number of nitrogens with one attached hydrogen (secondary N) is 3. The van der Waals surface area contributed by atoms with Gasteiger partial charge < -0.3 is 105 Å². The third-order valence-electron chi connectivity index (χ3n) is 25.4. The highest BCUT2D eigenvalue weighted by Crippen LogP contribution is 2.87. The van der Waals surface area contributed by atoms with Crippen molar-refractivity contribution in [2.45, 2.75) is 234 Å². The molecular formula is C75H98I2N4O22S. The Balaban J connectivity index is 0.754. The van der Waals surface area contributed by atoms with E-state index in [1.807, 2.05) is 49.9 Å². The van der Waals surface area contributed by atoms with Crippen molar-refractivity contribution < 1.29 is 104 Å². The summed E-state index contributed by atoms with van der Waals surface area (Å²) in [7, 11) is 0. The maximum atomic E-state index is 16.4. The number of phenolic OH excluding ortho intramolecular Hbond substituents is 1. The Labute approximate surface area is 635 Å². The van der Waals surface area contributed by atoms with Crippen LogP contribution in [0.2, 0.25) is 0 Å². The van der Waals surface area contributed by atoms with Crippen molar-refractivity contribution in [2.24, 2.45) is 52.9 Å². The first kappa shape index (κ1) is 78.9. The molecule has 25 atom stereocenters. The SMILES string of the molecule is CC1O[C@@H](C[C@@]2(OC(=O)[C@]3(CCC(C)(C)C)C(I)C4=CC5(C)CC6C7(C)C[C@H](O)C(C)(/C=N/I)C7CCC65C4(C)C[C@@H]3O)OC(CO)[C@H](NC(=O)CCCCCNC(=S)Nc3ccc(-c4c5ccc(=O)cc-5oc5cc(O)ccc45)c(C(=O)O)c3)C(O)C2O)C(O)C(O)[C@H]1O[C@@H]1OC[C@@H](O)C(O)C1O. The van der Waals surface area contributed by atoms with E-state index in [4.69, 9.17) is 40.3 Å². The number of alkyl halides is 1. The molecule has 0 radical (unpaired) electrons. The summed E-state index contributed by atoms with van der Waals surface area (Å²) in [6.07, 6.45) is -14.5. The number of carbonyl (C=O) groups excluding carboxylic acids is 2. The van der Waals surface area contributed by atoms with E-state index in [0.717, 1.165) is 24.8 Å². The van der Waals surface area contributed by atoms with E-state index in [2.05, 4.69) is 75.5 Å². The van der Waals surface area contributed by atoms with Crippen molar-refractivity contribution in [3.8, 4) is 28.2 Å². The summed E-state index contributed by atoms with van der Waals surface area (Å²) in [6, 6.07) is 11.8. The summed E-state index contributed by atoms with van der Waals surface area (Å²) in [5, 5.41) is 147. The number of anilines is 1. The number of aromatic carboxylic acids is 1. The van der Waals surface area contributed by atoms with Gasteiger partial charge in [-0.3, -0.25) is 14.4 Å². The number of aliphatic hydroxyl groups excluding tert-OH is 10. The van der Waals surface area contributed by atoms with Crippen LogP contribution in [0.4, 0.5) is 5.69 Å². The van der Waals surface area contributed by atoms with Crippen molar-refractivity contribution in [3.63, 3.8) is 0 Å². The number of hydrogen-bond donors (Lipinski definition) is 15. The molecule has 2 aromatic rings. The van der Waals surface area contributed by atoms with Gasteiger partial charge in [0.05, 0.1) is 76.0 Å². The second kappa shape index (κ2) is 29.3. The van der Waals surface area contributed by atoms with Crippen LogP contribution in [0.25, 0.3) is 33.4 Å². The van der Waals surface area contributed by atoms with Crippen LogP contribution in [-0.4, -0.2) is 212 Å². The Hall–Kier alpha value is -4.66. The summed E-state index contributed by atoms with van der Waals surface area (Å²) in [5.74, 6) is -5.25. The lowest BCUT2D eigenvalue weighted by Crippen LogP contribution is -2.73. The number of aliphatic hydroxyl groups is 10. The van der Waals surface area contributed by atoms with Crippen LogP contribution in [-0.2, 0) is 33.3 Å². The van der Waals surface area contributed by atoms with Crippen molar-refractivity contribution in [1.29, 1.82) is 0 Å². The summed E-state index contributed by atoms with van der Waals surface area (Å²) in [5.41, 5.74) is -2.00. The highest BCUT2D eigenvalue weighted by atomic mass is 127. The predicted molar refractivity (Wildman–Crippen MR) is 401 cm³/mol. The number of fused-ring (bicyclic) bond motifs is 5. The number of allylic oxidation sites excluding steroid dienone is 2. The molecule has 1 amide bonds. The molecule has 2 aromatic carbocycles. The molecule has 7 fully saturated rings. The van der Waals surface area contributed by atoms with Gasteiger partial charge >= 0.3 is 11.9 Å². The lowest BCUT2D eigenvalue weighted by atomic mass is 9.29. The number of esters is 1. The van der Waals surface area contributed by atoms with E-state index in [1.165, 1.54) is 37.3 Å². The first-order chi connectivity index (χ1) is 48.9. The smallest absolute Gasteiger partial charge is 0.336 e. The van der Waals surface area contributed by atoms with E-state index in [0.29, 0.717) is 66.4 Å². The number of phenols is 1. The molecule has 12 rings (SSSR count). The fraction of sp³-hybridized carbons (Fsp3) is 0.653. The molecule has 104 heavy (non-hydrogen) atoms. The first-order valence-electron chi connectivity index (χ1n) is 35.9. The van der Waals surface area contributed by atoms with Gasteiger partial charge in [-0.1, -0.05) is 95.2 Å². The number of aromatic hydroxyl groups is 1.